The van der Waals surface area contributed by atoms with Gasteiger partial charge in [0.1, 0.15) is 5.82 Å². The van der Waals surface area contributed by atoms with E-state index in [0.29, 0.717) is 6.04 Å². The van der Waals surface area contributed by atoms with Gasteiger partial charge >= 0.3 is 0 Å². The topological polar surface area (TPSA) is 12.0 Å². The fourth-order valence-electron chi connectivity index (χ4n) is 3.49. The van der Waals surface area contributed by atoms with Gasteiger partial charge in [0.05, 0.1) is 0 Å². The van der Waals surface area contributed by atoms with Gasteiger partial charge in [-0.25, -0.2) is 4.39 Å². The summed E-state index contributed by atoms with van der Waals surface area (Å²) in [4.78, 5) is 0. The van der Waals surface area contributed by atoms with Gasteiger partial charge in [0, 0.05) is 6.04 Å². The van der Waals surface area contributed by atoms with Crippen LogP contribution >= 0.6 is 0 Å². The standard InChI is InChI=1S/C17H26FN/c1-3-13-6-4-8-15(10-13)17(19-2)12-14-7-5-9-16(18)11-14/h5,7,9,11,13,15,17,19H,3-4,6,8,10,12H2,1-2H3. The van der Waals surface area contributed by atoms with Gasteiger partial charge in [-0.2, -0.15) is 0 Å². The van der Waals surface area contributed by atoms with Crippen LogP contribution in [0.4, 0.5) is 4.39 Å². The molecular weight excluding hydrogens is 237 g/mol. The van der Waals surface area contributed by atoms with Gasteiger partial charge < -0.3 is 5.32 Å². The van der Waals surface area contributed by atoms with Crippen molar-refractivity contribution in [3.8, 4) is 0 Å². The summed E-state index contributed by atoms with van der Waals surface area (Å²) in [7, 11) is 2.04. The molecule has 1 N–H and O–H groups in total. The number of hydrogen-bond acceptors (Lipinski definition) is 1. The van der Waals surface area contributed by atoms with Crippen LogP contribution in [0.5, 0.6) is 0 Å². The molecule has 0 radical (unpaired) electrons. The first-order valence-corrected chi connectivity index (χ1v) is 7.64. The normalized spacial score (nSPS) is 25.2. The summed E-state index contributed by atoms with van der Waals surface area (Å²) < 4.78 is 13.3. The highest BCUT2D eigenvalue weighted by molar-refractivity contribution is 5.17. The Bertz CT molecular complexity index is 391. The number of likely N-dealkylation sites (N-methyl/N-ethyl adjacent to an activating group) is 1. The maximum Gasteiger partial charge on any atom is 0.123 e. The lowest BCUT2D eigenvalue weighted by atomic mass is 9.75. The van der Waals surface area contributed by atoms with E-state index in [4.69, 9.17) is 0 Å². The number of benzene rings is 1. The summed E-state index contributed by atoms with van der Waals surface area (Å²) in [6, 6.07) is 7.52. The van der Waals surface area contributed by atoms with Crippen LogP contribution in [-0.4, -0.2) is 13.1 Å². The molecule has 1 aromatic carbocycles. The quantitative estimate of drug-likeness (QED) is 0.840. The molecule has 0 bridgehead atoms. The van der Waals surface area contributed by atoms with Crippen molar-refractivity contribution in [2.75, 3.05) is 7.05 Å². The summed E-state index contributed by atoms with van der Waals surface area (Å²) in [5.74, 6) is 1.51. The minimum Gasteiger partial charge on any atom is -0.316 e. The summed E-state index contributed by atoms with van der Waals surface area (Å²) in [6.45, 7) is 2.30. The second kappa shape index (κ2) is 7.04. The molecule has 1 saturated carbocycles. The molecule has 3 atom stereocenters. The SMILES string of the molecule is CCC1CCCC(C(Cc2cccc(F)c2)NC)C1. The average Bonchev–Trinajstić information content (AvgIpc) is 2.45. The van der Waals surface area contributed by atoms with Crippen molar-refractivity contribution in [1.82, 2.24) is 5.32 Å². The highest BCUT2D eigenvalue weighted by Gasteiger charge is 2.26. The van der Waals surface area contributed by atoms with Crippen LogP contribution < -0.4 is 5.32 Å². The average molecular weight is 263 g/mol. The minimum absolute atomic E-state index is 0.123. The monoisotopic (exact) mass is 263 g/mol. The van der Waals surface area contributed by atoms with Gasteiger partial charge in [-0.1, -0.05) is 38.3 Å². The molecular formula is C17H26FN. The number of rotatable bonds is 5. The molecule has 106 valence electrons. The highest BCUT2D eigenvalue weighted by atomic mass is 19.1. The number of nitrogens with one attached hydrogen (secondary N) is 1. The smallest absolute Gasteiger partial charge is 0.123 e. The molecule has 0 spiro atoms. The van der Waals surface area contributed by atoms with E-state index in [0.717, 1.165) is 23.8 Å². The maximum atomic E-state index is 13.3. The highest BCUT2D eigenvalue weighted by Crippen LogP contribution is 2.33. The molecule has 2 rings (SSSR count). The first-order valence-electron chi connectivity index (χ1n) is 7.64. The Morgan fingerprint density at radius 2 is 2.21 bits per heavy atom. The van der Waals surface area contributed by atoms with Crippen LogP contribution in [0, 0.1) is 17.7 Å². The Kier molecular flexibility index (Phi) is 5.38. The fourth-order valence-corrected chi connectivity index (χ4v) is 3.49. The zero-order valence-electron chi connectivity index (χ0n) is 12.2. The van der Waals surface area contributed by atoms with Gasteiger partial charge in [-0.05, 0) is 55.8 Å². The Labute approximate surface area is 116 Å². The third kappa shape index (κ3) is 4.04. The molecule has 0 heterocycles. The van der Waals surface area contributed by atoms with Crippen LogP contribution in [0.3, 0.4) is 0 Å². The lowest BCUT2D eigenvalue weighted by Crippen LogP contribution is -2.38. The maximum absolute atomic E-state index is 13.3. The van der Waals surface area contributed by atoms with Crippen LogP contribution in [0.15, 0.2) is 24.3 Å². The Hall–Kier alpha value is -0.890. The minimum atomic E-state index is -0.123. The van der Waals surface area contributed by atoms with E-state index in [2.05, 4.69) is 12.2 Å². The molecule has 2 heteroatoms. The largest absolute Gasteiger partial charge is 0.316 e. The van der Waals surface area contributed by atoms with Gasteiger partial charge in [-0.3, -0.25) is 0 Å². The molecule has 1 aliphatic rings. The Morgan fingerprint density at radius 1 is 1.37 bits per heavy atom. The predicted octanol–water partition coefficient (Wildman–Crippen LogP) is 4.17. The van der Waals surface area contributed by atoms with Crippen LogP contribution in [0.2, 0.25) is 0 Å². The van der Waals surface area contributed by atoms with E-state index in [9.17, 15) is 4.39 Å². The first-order chi connectivity index (χ1) is 9.22. The molecule has 0 saturated heterocycles. The van der Waals surface area contributed by atoms with Crippen molar-refractivity contribution < 1.29 is 4.39 Å². The molecule has 1 aliphatic carbocycles. The lowest BCUT2D eigenvalue weighted by molar-refractivity contribution is 0.212. The van der Waals surface area contributed by atoms with E-state index in [1.165, 1.54) is 38.2 Å². The lowest BCUT2D eigenvalue weighted by Gasteiger charge is -2.34. The molecule has 0 aliphatic heterocycles. The first kappa shape index (κ1) is 14.5. The Morgan fingerprint density at radius 3 is 2.89 bits per heavy atom. The summed E-state index contributed by atoms with van der Waals surface area (Å²) in [5.41, 5.74) is 1.11. The van der Waals surface area contributed by atoms with E-state index in [1.54, 1.807) is 6.07 Å². The zero-order valence-corrected chi connectivity index (χ0v) is 12.2. The van der Waals surface area contributed by atoms with E-state index >= 15 is 0 Å². The number of hydrogen-bond donors (Lipinski definition) is 1. The molecule has 0 aromatic heterocycles. The molecule has 1 fully saturated rings. The fraction of sp³-hybridized carbons (Fsp3) is 0.647. The van der Waals surface area contributed by atoms with Crippen molar-refractivity contribution in [2.24, 2.45) is 11.8 Å². The van der Waals surface area contributed by atoms with Gasteiger partial charge in [0.2, 0.25) is 0 Å². The number of halogens is 1. The Balaban J connectivity index is 1.99. The second-order valence-corrected chi connectivity index (χ2v) is 5.93. The van der Waals surface area contributed by atoms with Crippen molar-refractivity contribution in [3.05, 3.63) is 35.6 Å². The summed E-state index contributed by atoms with van der Waals surface area (Å²) in [5, 5.41) is 3.46. The summed E-state index contributed by atoms with van der Waals surface area (Å²) in [6.07, 6.45) is 7.63. The molecule has 19 heavy (non-hydrogen) atoms. The predicted molar refractivity (Wildman–Crippen MR) is 78.7 cm³/mol. The van der Waals surface area contributed by atoms with E-state index in [-0.39, 0.29) is 5.82 Å². The van der Waals surface area contributed by atoms with E-state index < -0.39 is 0 Å². The van der Waals surface area contributed by atoms with Crippen LogP contribution in [-0.2, 0) is 6.42 Å². The molecule has 1 nitrogen and oxygen atoms in total. The van der Waals surface area contributed by atoms with Crippen molar-refractivity contribution in [2.45, 2.75) is 51.5 Å². The van der Waals surface area contributed by atoms with Crippen molar-refractivity contribution in [1.29, 1.82) is 0 Å². The van der Waals surface area contributed by atoms with Crippen molar-refractivity contribution in [3.63, 3.8) is 0 Å². The molecule has 1 aromatic rings. The van der Waals surface area contributed by atoms with Gasteiger partial charge in [0.15, 0.2) is 0 Å². The van der Waals surface area contributed by atoms with Crippen molar-refractivity contribution >= 4 is 0 Å². The van der Waals surface area contributed by atoms with Crippen LogP contribution in [0.25, 0.3) is 0 Å². The van der Waals surface area contributed by atoms with Gasteiger partial charge in [0.25, 0.3) is 0 Å². The van der Waals surface area contributed by atoms with Gasteiger partial charge in [-0.15, -0.1) is 0 Å². The third-order valence-electron chi connectivity index (χ3n) is 4.69. The zero-order chi connectivity index (χ0) is 13.7. The van der Waals surface area contributed by atoms with E-state index in [1.807, 2.05) is 19.2 Å². The summed E-state index contributed by atoms with van der Waals surface area (Å²) >= 11 is 0. The van der Waals surface area contributed by atoms with Crippen LogP contribution in [0.1, 0.15) is 44.6 Å². The second-order valence-electron chi connectivity index (χ2n) is 5.93. The third-order valence-corrected chi connectivity index (χ3v) is 4.69. The molecule has 0 amide bonds. The molecule has 3 unspecified atom stereocenters.